The molecule has 0 spiro atoms. The summed E-state index contributed by atoms with van der Waals surface area (Å²) in [5, 5.41) is 2.60. The molecule has 0 unspecified atom stereocenters. The summed E-state index contributed by atoms with van der Waals surface area (Å²) in [4.78, 5) is 62.3. The number of hydrogen-bond acceptors (Lipinski definition) is 6. The van der Waals surface area contributed by atoms with Crippen LogP contribution < -0.4 is 5.32 Å². The third-order valence-electron chi connectivity index (χ3n) is 5.49. The quantitative estimate of drug-likeness (QED) is 0.332. The van der Waals surface area contributed by atoms with E-state index in [1.807, 2.05) is 12.2 Å². The van der Waals surface area contributed by atoms with E-state index in [-0.39, 0.29) is 17.6 Å². The maximum absolute atomic E-state index is 12.6. The number of ether oxygens (including phenoxy) is 1. The number of carbonyl (C=O) groups excluding carboxylic acids is 5. The maximum Gasteiger partial charge on any atom is 0.329 e. The van der Waals surface area contributed by atoms with E-state index in [2.05, 4.69) is 5.32 Å². The number of nitrogens with zero attached hydrogens (tertiary/aromatic N) is 1. The van der Waals surface area contributed by atoms with Gasteiger partial charge in [0.25, 0.3) is 5.91 Å². The monoisotopic (exact) mass is 412 g/mol. The summed E-state index contributed by atoms with van der Waals surface area (Å²) in [6, 6.07) is 5.19. The molecule has 1 aromatic rings. The molecule has 158 valence electrons. The molecular formula is C22H24N2O6. The molecule has 2 aliphatic rings. The van der Waals surface area contributed by atoms with Crippen LogP contribution in [0.3, 0.4) is 0 Å². The van der Waals surface area contributed by atoms with Gasteiger partial charge in [-0.1, -0.05) is 12.2 Å². The molecule has 4 atom stereocenters. The van der Waals surface area contributed by atoms with Crippen LogP contribution in [0.2, 0.25) is 0 Å². The normalized spacial score (nSPS) is 22.3. The minimum Gasteiger partial charge on any atom is -0.451 e. The van der Waals surface area contributed by atoms with E-state index in [4.69, 9.17) is 4.74 Å². The lowest BCUT2D eigenvalue weighted by Gasteiger charge is -2.23. The van der Waals surface area contributed by atoms with Gasteiger partial charge in [0.05, 0.1) is 11.8 Å². The van der Waals surface area contributed by atoms with Crippen molar-refractivity contribution in [3.63, 3.8) is 0 Å². The molecule has 0 bridgehead atoms. The number of anilines is 1. The molecule has 0 aromatic heterocycles. The van der Waals surface area contributed by atoms with Crippen molar-refractivity contribution in [1.82, 2.24) is 4.90 Å². The predicted molar refractivity (Wildman–Crippen MR) is 107 cm³/mol. The number of Topliss-reactive ketones (excluding diaryl/α,β-unsaturated/α-hetero) is 1. The van der Waals surface area contributed by atoms with Crippen molar-refractivity contribution in [3.05, 3.63) is 42.0 Å². The number of likely N-dealkylation sites (tertiary alicyclic amines) is 1. The average molecular weight is 412 g/mol. The fraction of sp³-hybridized carbons (Fsp3) is 0.409. The zero-order valence-electron chi connectivity index (χ0n) is 17.1. The van der Waals surface area contributed by atoms with Crippen LogP contribution in [-0.2, 0) is 23.9 Å². The van der Waals surface area contributed by atoms with Crippen molar-refractivity contribution >= 4 is 35.2 Å². The molecule has 3 amide bonds. The minimum atomic E-state index is -1.14. The second-order valence-corrected chi connectivity index (χ2v) is 7.58. The molecule has 1 aliphatic heterocycles. The van der Waals surface area contributed by atoms with Gasteiger partial charge in [0.2, 0.25) is 11.8 Å². The van der Waals surface area contributed by atoms with E-state index >= 15 is 0 Å². The lowest BCUT2D eigenvalue weighted by atomic mass is 9.85. The van der Waals surface area contributed by atoms with Gasteiger partial charge in [0.1, 0.15) is 6.04 Å². The zero-order valence-corrected chi connectivity index (χ0v) is 17.1. The number of esters is 1. The van der Waals surface area contributed by atoms with Gasteiger partial charge in [-0.2, -0.15) is 0 Å². The van der Waals surface area contributed by atoms with Crippen LogP contribution in [0.25, 0.3) is 0 Å². The van der Waals surface area contributed by atoms with Crippen LogP contribution in [0.5, 0.6) is 0 Å². The molecule has 1 fully saturated rings. The largest absolute Gasteiger partial charge is 0.451 e. The average Bonchev–Trinajstić information content (AvgIpc) is 2.98. The Morgan fingerprint density at radius 2 is 1.53 bits per heavy atom. The third kappa shape index (κ3) is 4.17. The number of carbonyl (C=O) groups is 5. The standard InChI is InChI=1S/C22H24N2O6/c1-12(24-20(27)17-6-4-5-7-18(17)21(24)28)22(29)30-14(3)19(26)23-16-10-8-15(9-11-16)13(2)25/h4-5,8-12,14,17-18H,6-7H2,1-3H3,(H,23,26)/t12-,14-,17-,18+/m0/s1. The number of imide groups is 1. The van der Waals surface area contributed by atoms with E-state index in [1.165, 1.54) is 20.8 Å². The van der Waals surface area contributed by atoms with Crippen molar-refractivity contribution in [2.24, 2.45) is 11.8 Å². The Bertz CT molecular complexity index is 894. The molecule has 8 nitrogen and oxygen atoms in total. The van der Waals surface area contributed by atoms with Gasteiger partial charge in [0.15, 0.2) is 11.9 Å². The predicted octanol–water partition coefficient (Wildman–Crippen LogP) is 2.10. The maximum atomic E-state index is 12.6. The zero-order chi connectivity index (χ0) is 22.0. The molecule has 1 heterocycles. The van der Waals surface area contributed by atoms with Crippen molar-refractivity contribution in [2.45, 2.75) is 45.8 Å². The second kappa shape index (κ2) is 8.61. The van der Waals surface area contributed by atoms with Crippen molar-refractivity contribution < 1.29 is 28.7 Å². The van der Waals surface area contributed by atoms with Crippen molar-refractivity contribution in [1.29, 1.82) is 0 Å². The molecule has 1 aliphatic carbocycles. The van der Waals surface area contributed by atoms with Gasteiger partial charge in [-0.15, -0.1) is 0 Å². The number of allylic oxidation sites excluding steroid dienone is 2. The fourth-order valence-electron chi connectivity index (χ4n) is 3.67. The highest BCUT2D eigenvalue weighted by atomic mass is 16.5. The Balaban J connectivity index is 1.59. The lowest BCUT2D eigenvalue weighted by Crippen LogP contribution is -2.46. The van der Waals surface area contributed by atoms with Crippen LogP contribution in [0.15, 0.2) is 36.4 Å². The fourth-order valence-corrected chi connectivity index (χ4v) is 3.67. The molecule has 8 heteroatoms. The number of rotatable bonds is 6. The molecule has 1 aromatic carbocycles. The van der Waals surface area contributed by atoms with E-state index < -0.39 is 35.9 Å². The summed E-state index contributed by atoms with van der Waals surface area (Å²) >= 11 is 0. The van der Waals surface area contributed by atoms with Gasteiger partial charge in [-0.25, -0.2) is 4.79 Å². The third-order valence-corrected chi connectivity index (χ3v) is 5.49. The smallest absolute Gasteiger partial charge is 0.329 e. The first-order chi connectivity index (χ1) is 14.2. The van der Waals surface area contributed by atoms with Crippen LogP contribution in [-0.4, -0.2) is 46.5 Å². The minimum absolute atomic E-state index is 0.0919. The number of ketones is 1. The number of benzene rings is 1. The Hall–Kier alpha value is -3.29. The van der Waals surface area contributed by atoms with Crippen molar-refractivity contribution in [2.75, 3.05) is 5.32 Å². The van der Waals surface area contributed by atoms with E-state index in [9.17, 15) is 24.0 Å². The number of nitrogens with one attached hydrogen (secondary N) is 1. The van der Waals surface area contributed by atoms with E-state index in [0.717, 1.165) is 4.90 Å². The number of fused-ring (bicyclic) bond motifs is 1. The highest BCUT2D eigenvalue weighted by Crippen LogP contribution is 2.36. The Morgan fingerprint density at radius 1 is 1.00 bits per heavy atom. The highest BCUT2D eigenvalue weighted by molar-refractivity contribution is 6.08. The van der Waals surface area contributed by atoms with Gasteiger partial charge < -0.3 is 10.1 Å². The first-order valence-corrected chi connectivity index (χ1v) is 9.85. The van der Waals surface area contributed by atoms with Crippen LogP contribution in [0.1, 0.15) is 44.0 Å². The molecule has 1 saturated heterocycles. The number of hydrogen-bond donors (Lipinski definition) is 1. The molecule has 0 saturated carbocycles. The summed E-state index contributed by atoms with van der Waals surface area (Å²) in [7, 11) is 0. The second-order valence-electron chi connectivity index (χ2n) is 7.58. The van der Waals surface area contributed by atoms with Crippen molar-refractivity contribution in [3.8, 4) is 0 Å². The topological polar surface area (TPSA) is 110 Å². The molecular weight excluding hydrogens is 388 g/mol. The number of amides is 3. The molecule has 0 radical (unpaired) electrons. The van der Waals surface area contributed by atoms with Crippen LogP contribution in [0.4, 0.5) is 5.69 Å². The summed E-state index contributed by atoms with van der Waals surface area (Å²) in [6.07, 6.45) is 3.57. The first-order valence-electron chi connectivity index (χ1n) is 9.85. The Kier molecular flexibility index (Phi) is 6.14. The SMILES string of the molecule is CC(=O)c1ccc(NC(=O)[C@H](C)OC(=O)[C@H](C)N2C(=O)[C@H]3CC=CC[C@H]3C2=O)cc1. The lowest BCUT2D eigenvalue weighted by molar-refractivity contribution is -0.163. The van der Waals surface area contributed by atoms with E-state index in [0.29, 0.717) is 24.1 Å². The van der Waals surface area contributed by atoms with Gasteiger partial charge >= 0.3 is 5.97 Å². The van der Waals surface area contributed by atoms with Crippen LogP contribution >= 0.6 is 0 Å². The van der Waals surface area contributed by atoms with Crippen LogP contribution in [0, 0.1) is 11.8 Å². The summed E-state index contributed by atoms with van der Waals surface area (Å²) in [5.41, 5.74) is 0.958. The Morgan fingerprint density at radius 3 is 2.03 bits per heavy atom. The summed E-state index contributed by atoms with van der Waals surface area (Å²) in [5.74, 6) is -3.09. The summed E-state index contributed by atoms with van der Waals surface area (Å²) in [6.45, 7) is 4.27. The molecule has 30 heavy (non-hydrogen) atoms. The van der Waals surface area contributed by atoms with Gasteiger partial charge in [0, 0.05) is 11.3 Å². The van der Waals surface area contributed by atoms with E-state index in [1.54, 1.807) is 24.3 Å². The Labute approximate surface area is 174 Å². The molecule has 3 rings (SSSR count). The molecule has 1 N–H and O–H groups in total. The van der Waals surface area contributed by atoms with Gasteiger partial charge in [-0.3, -0.25) is 24.1 Å². The highest BCUT2D eigenvalue weighted by Gasteiger charge is 2.50. The first kappa shape index (κ1) is 21.4. The summed E-state index contributed by atoms with van der Waals surface area (Å²) < 4.78 is 5.20. The van der Waals surface area contributed by atoms with Gasteiger partial charge in [-0.05, 0) is 57.9 Å².